The van der Waals surface area contributed by atoms with E-state index >= 15 is 0 Å². The molecule has 0 spiro atoms. The van der Waals surface area contributed by atoms with E-state index in [9.17, 15) is 4.79 Å². The van der Waals surface area contributed by atoms with Crippen molar-refractivity contribution in [2.24, 2.45) is 16.3 Å². The van der Waals surface area contributed by atoms with E-state index in [2.05, 4.69) is 12.1 Å². The molecule has 108 valence electrons. The summed E-state index contributed by atoms with van der Waals surface area (Å²) < 4.78 is 5.31. The van der Waals surface area contributed by atoms with Gasteiger partial charge in [0.25, 0.3) is 0 Å². The van der Waals surface area contributed by atoms with Crippen molar-refractivity contribution in [2.45, 2.75) is 25.0 Å². The first-order valence-electron chi connectivity index (χ1n) is 6.57. The van der Waals surface area contributed by atoms with Crippen LogP contribution in [0.5, 0.6) is 0 Å². The fourth-order valence-electron chi connectivity index (χ4n) is 2.70. The maximum atomic E-state index is 12.8. The molecule has 1 amide bonds. The highest BCUT2D eigenvalue weighted by atomic mass is 32.2. The van der Waals surface area contributed by atoms with Crippen LogP contribution in [-0.4, -0.2) is 59.2 Å². The van der Waals surface area contributed by atoms with Crippen LogP contribution >= 0.6 is 11.8 Å². The van der Waals surface area contributed by atoms with Gasteiger partial charge in [0.05, 0.1) is 0 Å². The summed E-state index contributed by atoms with van der Waals surface area (Å²) in [5, 5.41) is 12.5. The highest BCUT2D eigenvalue weighted by Crippen LogP contribution is 2.34. The summed E-state index contributed by atoms with van der Waals surface area (Å²) >= 11 is 1.87. The second-order valence-corrected chi connectivity index (χ2v) is 6.66. The molecule has 1 unspecified atom stereocenters. The molecular formula is C12H21N3O3S. The molecule has 7 heteroatoms. The van der Waals surface area contributed by atoms with Crippen molar-refractivity contribution in [3.8, 4) is 0 Å². The van der Waals surface area contributed by atoms with Crippen LogP contribution in [0.3, 0.4) is 0 Å². The van der Waals surface area contributed by atoms with Gasteiger partial charge in [-0.15, -0.1) is 0 Å². The fourth-order valence-corrected chi connectivity index (χ4v) is 3.71. The van der Waals surface area contributed by atoms with Gasteiger partial charge in [0.15, 0.2) is 5.84 Å². The lowest BCUT2D eigenvalue weighted by molar-refractivity contribution is -0.142. The first kappa shape index (κ1) is 14.5. The monoisotopic (exact) mass is 287 g/mol. The number of carbonyl (C=O) groups excluding carboxylic acids is 1. The van der Waals surface area contributed by atoms with Gasteiger partial charge in [0, 0.05) is 37.3 Å². The van der Waals surface area contributed by atoms with Crippen molar-refractivity contribution >= 4 is 23.5 Å². The largest absolute Gasteiger partial charge is 0.409 e. The van der Waals surface area contributed by atoms with E-state index in [-0.39, 0.29) is 11.7 Å². The van der Waals surface area contributed by atoms with Crippen LogP contribution in [0.15, 0.2) is 5.16 Å². The molecule has 0 aliphatic carbocycles. The van der Waals surface area contributed by atoms with Gasteiger partial charge in [-0.25, -0.2) is 0 Å². The standard InChI is InChI=1S/C12H21N3O3S/c1-9-8-15(4-7-19-9)11(16)12(10(13)14-17)2-5-18-6-3-12/h9,17H,2-8H2,1H3,(H2,13,14). The van der Waals surface area contributed by atoms with Crippen LogP contribution in [0.4, 0.5) is 0 Å². The minimum Gasteiger partial charge on any atom is -0.409 e. The molecule has 2 heterocycles. The van der Waals surface area contributed by atoms with Gasteiger partial charge in [-0.05, 0) is 12.8 Å². The maximum Gasteiger partial charge on any atom is 0.236 e. The normalized spacial score (nSPS) is 28.2. The predicted octanol–water partition coefficient (Wildman–Crippen LogP) is 0.494. The summed E-state index contributed by atoms with van der Waals surface area (Å²) in [7, 11) is 0. The molecule has 19 heavy (non-hydrogen) atoms. The van der Waals surface area contributed by atoms with E-state index in [1.807, 2.05) is 16.7 Å². The van der Waals surface area contributed by atoms with E-state index < -0.39 is 5.41 Å². The molecule has 0 aromatic heterocycles. The molecule has 0 aromatic rings. The van der Waals surface area contributed by atoms with Crippen LogP contribution in [-0.2, 0) is 9.53 Å². The Balaban J connectivity index is 2.20. The number of rotatable bonds is 2. The number of amidine groups is 1. The van der Waals surface area contributed by atoms with Crippen molar-refractivity contribution < 1.29 is 14.7 Å². The summed E-state index contributed by atoms with van der Waals surface area (Å²) in [6.07, 6.45) is 0.972. The minimum atomic E-state index is -0.880. The topological polar surface area (TPSA) is 88.2 Å². The molecule has 2 aliphatic rings. The highest BCUT2D eigenvalue weighted by Gasteiger charge is 2.47. The Morgan fingerprint density at radius 3 is 2.79 bits per heavy atom. The number of nitrogens with two attached hydrogens (primary N) is 1. The average molecular weight is 287 g/mol. The number of ether oxygens (including phenoxy) is 1. The summed E-state index contributed by atoms with van der Waals surface area (Å²) in [6.45, 7) is 4.52. The van der Waals surface area contributed by atoms with E-state index in [1.165, 1.54) is 0 Å². The summed E-state index contributed by atoms with van der Waals surface area (Å²) in [6, 6.07) is 0. The average Bonchev–Trinajstić information content (AvgIpc) is 2.46. The zero-order chi connectivity index (χ0) is 13.9. The SMILES string of the molecule is CC1CN(C(=O)C2(C(N)=NO)CCOCC2)CCS1. The number of carbonyl (C=O) groups is 1. The first-order chi connectivity index (χ1) is 9.10. The van der Waals surface area contributed by atoms with E-state index in [1.54, 1.807) is 0 Å². The second-order valence-electron chi connectivity index (χ2n) is 5.11. The third-order valence-electron chi connectivity index (χ3n) is 3.88. The van der Waals surface area contributed by atoms with Crippen LogP contribution < -0.4 is 5.73 Å². The molecule has 2 saturated heterocycles. The van der Waals surface area contributed by atoms with Gasteiger partial charge in [-0.2, -0.15) is 11.8 Å². The van der Waals surface area contributed by atoms with Crippen molar-refractivity contribution in [1.29, 1.82) is 0 Å². The Bertz CT molecular complexity index is 369. The van der Waals surface area contributed by atoms with Gasteiger partial charge in [-0.3, -0.25) is 4.79 Å². The fraction of sp³-hybridized carbons (Fsp3) is 0.833. The van der Waals surface area contributed by atoms with Gasteiger partial charge in [0.1, 0.15) is 5.41 Å². The molecule has 1 atom stereocenters. The van der Waals surface area contributed by atoms with Gasteiger partial charge < -0.3 is 20.6 Å². The Kier molecular flexibility index (Phi) is 4.57. The number of hydrogen-bond donors (Lipinski definition) is 2. The lowest BCUT2D eigenvalue weighted by Crippen LogP contribution is -2.56. The Labute approximate surface area is 117 Å². The molecule has 0 radical (unpaired) electrons. The van der Waals surface area contributed by atoms with Crippen LogP contribution in [0.1, 0.15) is 19.8 Å². The van der Waals surface area contributed by atoms with Crippen molar-refractivity contribution in [2.75, 3.05) is 32.1 Å². The van der Waals surface area contributed by atoms with Gasteiger partial charge >= 0.3 is 0 Å². The summed E-state index contributed by atoms with van der Waals surface area (Å²) in [5.41, 5.74) is 4.94. The van der Waals surface area contributed by atoms with Crippen molar-refractivity contribution in [3.63, 3.8) is 0 Å². The maximum absolute atomic E-state index is 12.8. The minimum absolute atomic E-state index is 0.0155. The summed E-state index contributed by atoms with van der Waals surface area (Å²) in [4.78, 5) is 14.7. The Hall–Kier alpha value is -0.950. The van der Waals surface area contributed by atoms with Gasteiger partial charge in [0.2, 0.25) is 5.91 Å². The smallest absolute Gasteiger partial charge is 0.236 e. The lowest BCUT2D eigenvalue weighted by atomic mass is 9.77. The van der Waals surface area contributed by atoms with Crippen molar-refractivity contribution in [1.82, 2.24) is 4.90 Å². The van der Waals surface area contributed by atoms with Gasteiger partial charge in [-0.1, -0.05) is 12.1 Å². The number of thioether (sulfide) groups is 1. The van der Waals surface area contributed by atoms with E-state index in [0.717, 1.165) is 18.8 Å². The molecule has 0 saturated carbocycles. The Morgan fingerprint density at radius 1 is 1.53 bits per heavy atom. The number of oxime groups is 1. The molecular weight excluding hydrogens is 266 g/mol. The Morgan fingerprint density at radius 2 is 2.21 bits per heavy atom. The lowest BCUT2D eigenvalue weighted by Gasteiger charge is -2.40. The molecule has 0 bridgehead atoms. The molecule has 2 aliphatic heterocycles. The van der Waals surface area contributed by atoms with Crippen LogP contribution in [0, 0.1) is 5.41 Å². The number of hydrogen-bond acceptors (Lipinski definition) is 5. The molecule has 0 aromatic carbocycles. The molecule has 3 N–H and O–H groups in total. The van der Waals surface area contributed by atoms with Crippen LogP contribution in [0.2, 0.25) is 0 Å². The molecule has 2 fully saturated rings. The van der Waals surface area contributed by atoms with E-state index in [0.29, 0.717) is 31.3 Å². The third-order valence-corrected chi connectivity index (χ3v) is 5.02. The predicted molar refractivity (Wildman–Crippen MR) is 74.4 cm³/mol. The quantitative estimate of drug-likeness (QED) is 0.334. The second kappa shape index (κ2) is 6.00. The van der Waals surface area contributed by atoms with Crippen LogP contribution in [0.25, 0.3) is 0 Å². The number of nitrogens with zero attached hydrogens (tertiary/aromatic N) is 2. The number of amides is 1. The van der Waals surface area contributed by atoms with E-state index in [4.69, 9.17) is 15.7 Å². The third kappa shape index (κ3) is 2.81. The zero-order valence-electron chi connectivity index (χ0n) is 11.2. The molecule has 2 rings (SSSR count). The highest BCUT2D eigenvalue weighted by molar-refractivity contribution is 7.99. The first-order valence-corrected chi connectivity index (χ1v) is 7.62. The van der Waals surface area contributed by atoms with Crippen molar-refractivity contribution in [3.05, 3.63) is 0 Å². The summed E-state index contributed by atoms with van der Waals surface area (Å²) in [5.74, 6) is 0.945. The molecule has 6 nitrogen and oxygen atoms in total. The zero-order valence-corrected chi connectivity index (χ0v) is 12.0.